The summed E-state index contributed by atoms with van der Waals surface area (Å²) >= 11 is 0. The number of primary amides is 1. The quantitative estimate of drug-likeness (QED) is 0.0355. The summed E-state index contributed by atoms with van der Waals surface area (Å²) in [4.78, 5) is 154. The Kier molecular flexibility index (Phi) is 32.3. The summed E-state index contributed by atoms with van der Waals surface area (Å²) in [6.07, 6.45) is 5.38. The van der Waals surface area contributed by atoms with Gasteiger partial charge in [0, 0.05) is 85.2 Å². The Morgan fingerprint density at radius 1 is 0.702 bits per heavy atom. The minimum atomic E-state index is -1.18. The summed E-state index contributed by atoms with van der Waals surface area (Å²) < 4.78 is 12.0. The van der Waals surface area contributed by atoms with Gasteiger partial charge < -0.3 is 61.6 Å². The highest BCUT2D eigenvalue weighted by atomic mass is 16.5. The topological polar surface area (TPSA) is 329 Å². The highest BCUT2D eigenvalue weighted by Gasteiger charge is 2.44. The summed E-state index contributed by atoms with van der Waals surface area (Å²) in [5, 5.41) is 24.0. The molecule has 0 radical (unpaired) electrons. The van der Waals surface area contributed by atoms with Crippen LogP contribution in [-0.4, -0.2) is 206 Å². The number of unbranched alkanes of at least 4 members (excludes halogenated alkanes) is 2. The molecule has 0 aromatic heterocycles. The van der Waals surface area contributed by atoms with Gasteiger partial charge in [0.25, 0.3) is 11.8 Å². The molecule has 2 aromatic carbocycles. The van der Waals surface area contributed by atoms with Crippen LogP contribution in [0.25, 0.3) is 0 Å². The Balaban J connectivity index is 1.40. The van der Waals surface area contributed by atoms with Crippen LogP contribution < -0.4 is 37.2 Å². The molecule has 25 heteroatoms. The zero-order valence-electron chi connectivity index (χ0n) is 57.8. The Morgan fingerprint density at radius 2 is 1.33 bits per heavy atom. The predicted molar refractivity (Wildman–Crippen MR) is 357 cm³/mol. The van der Waals surface area contributed by atoms with Gasteiger partial charge in [-0.15, -0.1) is 0 Å². The largest absolute Gasteiger partial charge is 0.480 e. The molecule has 0 aliphatic carbocycles. The van der Waals surface area contributed by atoms with Crippen molar-refractivity contribution < 1.29 is 67.3 Å². The highest BCUT2D eigenvalue weighted by molar-refractivity contribution is 6.12. The van der Waals surface area contributed by atoms with Gasteiger partial charge in [0.15, 0.2) is 0 Å². The molecule has 4 rings (SSSR count). The number of nitrogens with one attached hydrogen (secondary N) is 5. The number of carboxylic acid groups (broad SMARTS) is 1. The van der Waals surface area contributed by atoms with E-state index in [9.17, 15) is 57.8 Å². The molecule has 8 N–H and O–H groups in total. The number of nitrogens with zero attached hydrogens (tertiary/aromatic N) is 5. The van der Waals surface area contributed by atoms with Crippen molar-refractivity contribution in [2.24, 2.45) is 35.3 Å². The second-order valence-corrected chi connectivity index (χ2v) is 26.1. The fourth-order valence-corrected chi connectivity index (χ4v) is 12.5. The van der Waals surface area contributed by atoms with Gasteiger partial charge in [0.2, 0.25) is 41.4 Å². The Morgan fingerprint density at radius 3 is 1.89 bits per heavy atom. The lowest BCUT2D eigenvalue weighted by Crippen LogP contribution is -2.60. The summed E-state index contributed by atoms with van der Waals surface area (Å²) in [7, 11) is 8.11. The number of anilines is 1. The number of methoxy groups -OCH3 is 2. The molecule has 2 heterocycles. The minimum absolute atomic E-state index is 0.0899. The van der Waals surface area contributed by atoms with Gasteiger partial charge in [-0.05, 0) is 98.9 Å². The lowest BCUT2D eigenvalue weighted by atomic mass is 9.89. The molecule has 0 bridgehead atoms. The van der Waals surface area contributed by atoms with Crippen LogP contribution in [0.15, 0.2) is 66.7 Å². The minimum Gasteiger partial charge on any atom is -0.480 e. The number of carbonyl (C=O) groups excluding carboxylic acids is 10. The van der Waals surface area contributed by atoms with Gasteiger partial charge >= 0.3 is 12.0 Å². The number of benzene rings is 2. The molecule has 522 valence electrons. The normalized spacial score (nSPS) is 17.2. The first-order chi connectivity index (χ1) is 44.5. The molecule has 0 saturated carbocycles. The van der Waals surface area contributed by atoms with Crippen LogP contribution in [0.2, 0.25) is 0 Å². The summed E-state index contributed by atoms with van der Waals surface area (Å²) in [5.74, 6) is -6.51. The van der Waals surface area contributed by atoms with Crippen molar-refractivity contribution in [3.8, 4) is 0 Å². The number of hydrogen-bond donors (Lipinski definition) is 7. The third-order valence-electron chi connectivity index (χ3n) is 18.2. The van der Waals surface area contributed by atoms with Gasteiger partial charge in [0.05, 0.1) is 42.7 Å². The van der Waals surface area contributed by atoms with Crippen molar-refractivity contribution in [2.45, 2.75) is 194 Å². The van der Waals surface area contributed by atoms with E-state index in [1.54, 1.807) is 81.1 Å². The number of rotatable bonds is 40. The van der Waals surface area contributed by atoms with Gasteiger partial charge in [-0.2, -0.15) is 0 Å². The van der Waals surface area contributed by atoms with E-state index in [-0.39, 0.29) is 97.9 Å². The van der Waals surface area contributed by atoms with Crippen LogP contribution in [0.1, 0.15) is 138 Å². The predicted octanol–water partition coefficient (Wildman–Crippen LogP) is 4.58. The number of nitrogens with two attached hydrogens (primary N) is 1. The van der Waals surface area contributed by atoms with E-state index in [4.69, 9.17) is 15.2 Å². The molecule has 94 heavy (non-hydrogen) atoms. The molecule has 11 amide bonds. The number of imide groups is 1. The van der Waals surface area contributed by atoms with E-state index in [1.165, 1.54) is 31.3 Å². The number of carbonyl (C=O) groups is 11. The van der Waals surface area contributed by atoms with E-state index < -0.39 is 90.1 Å². The Labute approximate surface area is 555 Å². The number of amides is 11. The van der Waals surface area contributed by atoms with Crippen LogP contribution in [0.3, 0.4) is 0 Å². The second kappa shape index (κ2) is 38.6. The molecule has 11 atom stereocenters. The smallest absolute Gasteiger partial charge is 0.326 e. The maximum atomic E-state index is 14.9. The SMILES string of the molecule is CCC(C)[C@@H]([C@@H](CC(=O)N1CCC[C@H]1[C@H](OC)[C@@H](C)C(=O)N[C@@H](Cc1ccccc1)C(=O)O)OC)N(C)C(=O)[C@@H](NC(=O)[C@H](C(C)C)N(C)CCc1ccc(N(C)C(=O)[C@H](CCCNC(N)=O)NC(=O)[C@@H](NC(=O)CCCCCN2C(=O)C=CC2=O)C(C)C)cc1)C(C)C. The number of likely N-dealkylation sites (N-methyl/N-ethyl adjacent to an activating group) is 3. The molecule has 1 saturated heterocycles. The number of urea groups is 1. The molecule has 1 unspecified atom stereocenters. The lowest BCUT2D eigenvalue weighted by Gasteiger charge is -2.41. The van der Waals surface area contributed by atoms with Crippen molar-refractivity contribution in [1.82, 2.24) is 46.2 Å². The lowest BCUT2D eigenvalue weighted by molar-refractivity contribution is -0.148. The first-order valence-corrected chi connectivity index (χ1v) is 33.2. The molecule has 2 aliphatic heterocycles. The molecule has 2 aromatic rings. The number of carboxylic acids is 1. The Hall–Kier alpha value is -7.77. The van der Waals surface area contributed by atoms with E-state index in [2.05, 4.69) is 26.6 Å². The molecular weight excluding hydrogens is 1210 g/mol. The van der Waals surface area contributed by atoms with Crippen LogP contribution in [0, 0.1) is 29.6 Å². The number of hydrogen-bond acceptors (Lipinski definition) is 14. The monoisotopic (exact) mass is 1310 g/mol. The van der Waals surface area contributed by atoms with Crippen LogP contribution in [0.5, 0.6) is 0 Å². The van der Waals surface area contributed by atoms with Gasteiger partial charge in [-0.1, -0.05) is 118 Å². The maximum Gasteiger partial charge on any atom is 0.326 e. The fraction of sp³-hybridized carbons (Fsp3) is 0.638. The van der Waals surface area contributed by atoms with Gasteiger partial charge in [-0.3, -0.25) is 53.0 Å². The van der Waals surface area contributed by atoms with Crippen molar-refractivity contribution in [1.29, 1.82) is 0 Å². The summed E-state index contributed by atoms with van der Waals surface area (Å²) in [6, 6.07) is 9.74. The van der Waals surface area contributed by atoms with Crippen LogP contribution >= 0.6 is 0 Å². The zero-order chi connectivity index (χ0) is 70.1. The van der Waals surface area contributed by atoms with E-state index in [0.717, 1.165) is 16.0 Å². The summed E-state index contributed by atoms with van der Waals surface area (Å²) in [5.41, 5.74) is 7.49. The molecule has 25 nitrogen and oxygen atoms in total. The third-order valence-corrected chi connectivity index (χ3v) is 18.2. The van der Waals surface area contributed by atoms with Crippen molar-refractivity contribution >= 4 is 70.9 Å². The standard InChI is InChI=1S/C69H107N11O14/c1-15-45(8)61(53(93-13)41-57(84)79-38-23-27-52(79)62(94-14)46(9)63(85)73-51(68(90)91)40-48-24-18-16-19-25-48)78(12)67(89)59(43(4)5)75-65(87)60(44(6)7)76(10)39-35-47-29-31-49(32-30-47)77(11)66(88)50(26-22-36-71-69(70)92)72-64(86)58(42(2)3)74-54(81)28-20-17-21-37-80-55(82)33-34-56(80)83/h16,18-19,24-25,29-34,42-46,50-53,58-62H,15,17,20-23,26-28,35-41H2,1-14H3,(H,72,86)(H,73,85)(H,74,81)(H,75,87)(H,90,91)(H3,70,71,92)/t45?,46-,50+,51+,52+,53-,58+,59+,60+,61+,62-/m1/s1. The first-order valence-electron chi connectivity index (χ1n) is 33.2. The van der Waals surface area contributed by atoms with Crippen LogP contribution in [0.4, 0.5) is 10.5 Å². The molecule has 0 spiro atoms. The molecular formula is C69H107N11O14. The van der Waals surface area contributed by atoms with E-state index in [1.807, 2.05) is 71.7 Å². The average Bonchev–Trinajstić information content (AvgIpc) is 1.33. The summed E-state index contributed by atoms with van der Waals surface area (Å²) in [6.45, 7) is 18.1. The second-order valence-electron chi connectivity index (χ2n) is 26.1. The average molecular weight is 1310 g/mol. The van der Waals surface area contributed by atoms with Crippen molar-refractivity contribution in [2.75, 3.05) is 66.4 Å². The number of aliphatic carboxylic acids is 1. The molecule has 2 aliphatic rings. The number of likely N-dealkylation sites (tertiary alicyclic amines) is 1. The first kappa shape index (κ1) is 78.7. The maximum absolute atomic E-state index is 14.9. The van der Waals surface area contributed by atoms with Crippen molar-refractivity contribution in [3.63, 3.8) is 0 Å². The van der Waals surface area contributed by atoms with E-state index in [0.29, 0.717) is 70.1 Å². The zero-order valence-corrected chi connectivity index (χ0v) is 57.8. The number of ether oxygens (including phenoxy) is 2. The van der Waals surface area contributed by atoms with E-state index >= 15 is 0 Å². The van der Waals surface area contributed by atoms with Crippen molar-refractivity contribution in [3.05, 3.63) is 77.9 Å². The fourth-order valence-electron chi connectivity index (χ4n) is 12.5. The highest BCUT2D eigenvalue weighted by Crippen LogP contribution is 2.30. The van der Waals surface area contributed by atoms with Crippen LogP contribution in [-0.2, 0) is 70.3 Å². The van der Waals surface area contributed by atoms with Gasteiger partial charge in [-0.25, -0.2) is 9.59 Å². The Bertz CT molecular complexity index is 2870. The molecule has 1 fully saturated rings. The van der Waals surface area contributed by atoms with Gasteiger partial charge in [0.1, 0.15) is 24.2 Å². The third kappa shape index (κ3) is 23.0.